The number of halogens is 1. The number of rotatable bonds is 4. The molecule has 5 rings (SSSR count). The predicted molar refractivity (Wildman–Crippen MR) is 124 cm³/mol. The summed E-state index contributed by atoms with van der Waals surface area (Å²) in [6.07, 6.45) is 2.92. The van der Waals surface area contributed by atoms with Crippen LogP contribution in [0.1, 0.15) is 57.9 Å². The molecule has 1 aliphatic carbocycles. The highest BCUT2D eigenvalue weighted by Crippen LogP contribution is 2.50. The van der Waals surface area contributed by atoms with E-state index in [9.17, 15) is 9.59 Å². The van der Waals surface area contributed by atoms with Crippen LogP contribution >= 0.6 is 15.9 Å². The summed E-state index contributed by atoms with van der Waals surface area (Å²) in [5, 5.41) is 3.37. The normalized spacial score (nSPS) is 25.8. The Balaban J connectivity index is 1.57. The lowest BCUT2D eigenvalue weighted by Gasteiger charge is -2.39. The molecule has 0 bridgehead atoms. The lowest BCUT2D eigenvalue weighted by Crippen LogP contribution is -2.39. The van der Waals surface area contributed by atoms with Crippen molar-refractivity contribution in [1.29, 1.82) is 0 Å². The third-order valence-corrected chi connectivity index (χ3v) is 7.37. The molecule has 0 radical (unpaired) electrons. The molecule has 0 saturated carbocycles. The molecular weight excluding hydrogens is 490 g/mol. The third-order valence-electron chi connectivity index (χ3n) is 6.69. The second kappa shape index (κ2) is 8.47. The van der Waals surface area contributed by atoms with Gasteiger partial charge in [0.25, 0.3) is 0 Å². The summed E-state index contributed by atoms with van der Waals surface area (Å²) in [5.41, 5.74) is 3.27. The van der Waals surface area contributed by atoms with Crippen molar-refractivity contribution in [2.45, 2.75) is 58.5 Å². The zero-order valence-corrected chi connectivity index (χ0v) is 20.7. The minimum absolute atomic E-state index is 0.0419. The summed E-state index contributed by atoms with van der Waals surface area (Å²) in [7, 11) is 0. The topological polar surface area (TPSA) is 83.1 Å². The van der Waals surface area contributed by atoms with Crippen LogP contribution in [0.15, 0.2) is 39.1 Å². The zero-order chi connectivity index (χ0) is 23.3. The van der Waals surface area contributed by atoms with Gasteiger partial charge in [-0.3, -0.25) is 4.79 Å². The average Bonchev–Trinajstić information content (AvgIpc) is 3.41. The monoisotopic (exact) mass is 517 g/mol. The van der Waals surface area contributed by atoms with Crippen molar-refractivity contribution >= 4 is 27.7 Å². The fourth-order valence-electron chi connectivity index (χ4n) is 5.19. The lowest BCUT2D eigenvalue weighted by atomic mass is 9.68. The first-order valence-corrected chi connectivity index (χ1v) is 12.1. The van der Waals surface area contributed by atoms with Crippen molar-refractivity contribution in [3.05, 3.63) is 44.7 Å². The van der Waals surface area contributed by atoms with Crippen LogP contribution in [0.2, 0.25) is 0 Å². The SMILES string of the molecule is CC1=C(C(=O)OC[C@@H]2CCCO2)[C@H](c2cc3c(cc2Br)OCO3)C2=C(CC(C)(C)CC2=O)N1. The van der Waals surface area contributed by atoms with Gasteiger partial charge in [0.15, 0.2) is 17.3 Å². The van der Waals surface area contributed by atoms with E-state index in [1.165, 1.54) is 0 Å². The number of carbonyl (C=O) groups is 2. The second-order valence-electron chi connectivity index (χ2n) is 9.89. The molecule has 3 heterocycles. The summed E-state index contributed by atoms with van der Waals surface area (Å²) in [6.45, 7) is 7.09. The van der Waals surface area contributed by atoms with E-state index >= 15 is 0 Å². The maximum Gasteiger partial charge on any atom is 0.336 e. The van der Waals surface area contributed by atoms with Gasteiger partial charge in [-0.25, -0.2) is 4.79 Å². The Morgan fingerprint density at radius 1 is 1.24 bits per heavy atom. The van der Waals surface area contributed by atoms with Gasteiger partial charge in [-0.1, -0.05) is 29.8 Å². The number of allylic oxidation sites excluding steroid dienone is 3. The molecular formula is C25H28BrNO6. The van der Waals surface area contributed by atoms with Crippen molar-refractivity contribution in [2.75, 3.05) is 20.0 Å². The smallest absolute Gasteiger partial charge is 0.336 e. The number of carbonyl (C=O) groups excluding carboxylic acids is 2. The van der Waals surface area contributed by atoms with Gasteiger partial charge in [-0.05, 0) is 49.3 Å². The number of nitrogens with one attached hydrogen (secondary N) is 1. The second-order valence-corrected chi connectivity index (χ2v) is 10.7. The summed E-state index contributed by atoms with van der Waals surface area (Å²) < 4.78 is 23.2. The van der Waals surface area contributed by atoms with Crippen molar-refractivity contribution in [3.63, 3.8) is 0 Å². The Labute approximate surface area is 201 Å². The summed E-state index contributed by atoms with van der Waals surface area (Å²) in [4.78, 5) is 26.9. The van der Waals surface area contributed by atoms with Gasteiger partial charge in [0.05, 0.1) is 11.7 Å². The number of fused-ring (bicyclic) bond motifs is 1. The molecule has 8 heteroatoms. The first kappa shape index (κ1) is 22.5. The van der Waals surface area contributed by atoms with Crippen LogP contribution in [0.4, 0.5) is 0 Å². The Hall–Kier alpha value is -2.32. The quantitative estimate of drug-likeness (QED) is 0.588. The largest absolute Gasteiger partial charge is 0.459 e. The highest BCUT2D eigenvalue weighted by Gasteiger charge is 2.44. The van der Waals surface area contributed by atoms with E-state index in [0.717, 1.165) is 35.0 Å². The molecule has 1 aromatic rings. The van der Waals surface area contributed by atoms with Gasteiger partial charge in [-0.2, -0.15) is 0 Å². The number of hydrogen-bond acceptors (Lipinski definition) is 7. The maximum atomic E-state index is 13.5. The maximum absolute atomic E-state index is 13.5. The minimum Gasteiger partial charge on any atom is -0.459 e. The Morgan fingerprint density at radius 2 is 2.00 bits per heavy atom. The van der Waals surface area contributed by atoms with Gasteiger partial charge < -0.3 is 24.3 Å². The van der Waals surface area contributed by atoms with E-state index in [0.29, 0.717) is 41.4 Å². The molecule has 7 nitrogen and oxygen atoms in total. The van der Waals surface area contributed by atoms with Crippen LogP contribution < -0.4 is 14.8 Å². The Bertz CT molecular complexity index is 1080. The van der Waals surface area contributed by atoms with Gasteiger partial charge in [-0.15, -0.1) is 0 Å². The van der Waals surface area contributed by atoms with Crippen LogP contribution in [0.3, 0.4) is 0 Å². The van der Waals surface area contributed by atoms with Gasteiger partial charge >= 0.3 is 5.97 Å². The summed E-state index contributed by atoms with van der Waals surface area (Å²) in [5.74, 6) is 0.274. The number of hydrogen-bond donors (Lipinski definition) is 1. The molecule has 1 fully saturated rings. The summed E-state index contributed by atoms with van der Waals surface area (Å²) in [6, 6.07) is 3.70. The molecule has 33 heavy (non-hydrogen) atoms. The molecule has 3 aliphatic heterocycles. The molecule has 1 aromatic carbocycles. The van der Waals surface area contributed by atoms with Gasteiger partial charge in [0.2, 0.25) is 6.79 Å². The standard InChI is InChI=1S/C25H28BrNO6/c1-13-21(24(29)31-11-14-5-4-6-30-14)22(15-7-19-20(8-16(15)26)33-12-32-19)23-17(27-13)9-25(2,3)10-18(23)28/h7-8,14,22,27H,4-6,9-12H2,1-3H3/t14-,22-/m0/s1. The number of Topliss-reactive ketones (excluding diaryl/α,β-unsaturated/α-hetero) is 1. The van der Waals surface area contributed by atoms with Crippen LogP contribution in [0, 0.1) is 5.41 Å². The number of ether oxygens (including phenoxy) is 4. The van der Waals surface area contributed by atoms with Crippen molar-refractivity contribution in [1.82, 2.24) is 5.32 Å². The zero-order valence-electron chi connectivity index (χ0n) is 19.1. The van der Waals surface area contributed by atoms with E-state index < -0.39 is 11.9 Å². The molecule has 0 spiro atoms. The highest BCUT2D eigenvalue weighted by atomic mass is 79.9. The van der Waals surface area contributed by atoms with E-state index in [1.54, 1.807) is 0 Å². The third kappa shape index (κ3) is 4.19. The van der Waals surface area contributed by atoms with Crippen molar-refractivity contribution < 1.29 is 28.5 Å². The van der Waals surface area contributed by atoms with Crippen LogP contribution in [0.5, 0.6) is 11.5 Å². The van der Waals surface area contributed by atoms with Crippen LogP contribution in [0.25, 0.3) is 0 Å². The molecule has 2 atom stereocenters. The lowest BCUT2D eigenvalue weighted by molar-refractivity contribution is -0.142. The highest BCUT2D eigenvalue weighted by molar-refractivity contribution is 9.10. The Kier molecular flexibility index (Phi) is 5.77. The number of esters is 1. The summed E-state index contributed by atoms with van der Waals surface area (Å²) >= 11 is 3.65. The molecule has 1 saturated heterocycles. The first-order valence-electron chi connectivity index (χ1n) is 11.4. The average molecular weight is 518 g/mol. The number of dihydropyridines is 1. The molecule has 0 unspecified atom stereocenters. The van der Waals surface area contributed by atoms with Crippen LogP contribution in [-0.2, 0) is 19.1 Å². The van der Waals surface area contributed by atoms with Crippen molar-refractivity contribution in [2.24, 2.45) is 5.41 Å². The molecule has 4 aliphatic rings. The van der Waals surface area contributed by atoms with E-state index in [4.69, 9.17) is 18.9 Å². The fourth-order valence-corrected chi connectivity index (χ4v) is 5.75. The van der Waals surface area contributed by atoms with Gasteiger partial charge in [0, 0.05) is 40.4 Å². The Morgan fingerprint density at radius 3 is 2.73 bits per heavy atom. The predicted octanol–water partition coefficient (Wildman–Crippen LogP) is 4.50. The minimum atomic E-state index is -0.564. The number of ketones is 1. The molecule has 176 valence electrons. The first-order chi connectivity index (χ1) is 15.7. The van der Waals surface area contributed by atoms with Crippen LogP contribution in [-0.4, -0.2) is 37.9 Å². The van der Waals surface area contributed by atoms with E-state index in [2.05, 4.69) is 35.1 Å². The number of benzene rings is 1. The van der Waals surface area contributed by atoms with Crippen molar-refractivity contribution in [3.8, 4) is 11.5 Å². The van der Waals surface area contributed by atoms with E-state index in [1.807, 2.05) is 19.1 Å². The van der Waals surface area contributed by atoms with E-state index in [-0.39, 0.29) is 30.7 Å². The molecule has 0 amide bonds. The van der Waals surface area contributed by atoms with Gasteiger partial charge in [0.1, 0.15) is 6.61 Å². The molecule has 1 N–H and O–H groups in total. The molecule has 0 aromatic heterocycles. The fraction of sp³-hybridized carbons (Fsp3) is 0.520.